The van der Waals surface area contributed by atoms with Crippen LogP contribution in [0.4, 0.5) is 0 Å². The van der Waals surface area contributed by atoms with E-state index >= 15 is 0 Å². The molecule has 0 fully saturated rings. The minimum Gasteiger partial charge on any atom is -0.493 e. The van der Waals surface area contributed by atoms with Gasteiger partial charge in [-0.25, -0.2) is 4.79 Å². The van der Waals surface area contributed by atoms with Gasteiger partial charge in [0, 0.05) is 5.56 Å². The van der Waals surface area contributed by atoms with Crippen molar-refractivity contribution in [3.8, 4) is 11.5 Å². The smallest absolute Gasteiger partial charge is 0.326 e. The average molecular weight is 317 g/mol. The quantitative estimate of drug-likeness (QED) is 0.784. The SMILES string of the molecule is C/C=C/CC(NC(=O)C1=Cc2cccc(OC)c2OC1)C(=O)O. The number of hydrogen-bond acceptors (Lipinski definition) is 4. The van der Waals surface area contributed by atoms with Gasteiger partial charge in [0.25, 0.3) is 5.91 Å². The van der Waals surface area contributed by atoms with Gasteiger partial charge >= 0.3 is 5.97 Å². The van der Waals surface area contributed by atoms with Crippen molar-refractivity contribution in [2.24, 2.45) is 0 Å². The van der Waals surface area contributed by atoms with Crippen LogP contribution in [0.5, 0.6) is 11.5 Å². The molecule has 1 amide bonds. The van der Waals surface area contributed by atoms with Crippen LogP contribution in [0.1, 0.15) is 18.9 Å². The van der Waals surface area contributed by atoms with Gasteiger partial charge in [0.15, 0.2) is 11.5 Å². The number of aliphatic carboxylic acids is 1. The Morgan fingerprint density at radius 3 is 2.91 bits per heavy atom. The molecule has 0 aromatic heterocycles. The van der Waals surface area contributed by atoms with Gasteiger partial charge in [-0.1, -0.05) is 24.3 Å². The van der Waals surface area contributed by atoms with Crippen molar-refractivity contribution >= 4 is 18.0 Å². The highest BCUT2D eigenvalue weighted by Gasteiger charge is 2.24. The average Bonchev–Trinajstić information content (AvgIpc) is 2.56. The standard InChI is InChI=1S/C17H19NO5/c1-3-4-7-13(17(20)21)18-16(19)12-9-11-6-5-8-14(22-2)15(11)23-10-12/h3-6,8-9,13H,7,10H2,1-2H3,(H,18,19)(H,20,21)/b4-3+. The molecule has 0 radical (unpaired) electrons. The van der Waals surface area contributed by atoms with Crippen molar-refractivity contribution in [1.29, 1.82) is 0 Å². The number of carboxylic acid groups (broad SMARTS) is 1. The molecule has 0 saturated carbocycles. The first-order chi connectivity index (χ1) is 11.1. The van der Waals surface area contributed by atoms with Gasteiger partial charge in [-0.05, 0) is 25.5 Å². The van der Waals surface area contributed by atoms with Gasteiger partial charge in [-0.15, -0.1) is 0 Å². The topological polar surface area (TPSA) is 84.9 Å². The highest BCUT2D eigenvalue weighted by atomic mass is 16.5. The molecule has 0 spiro atoms. The summed E-state index contributed by atoms with van der Waals surface area (Å²) in [6.07, 6.45) is 5.36. The second-order valence-electron chi connectivity index (χ2n) is 5.01. The maximum absolute atomic E-state index is 12.3. The molecule has 6 heteroatoms. The van der Waals surface area contributed by atoms with E-state index in [-0.39, 0.29) is 13.0 Å². The van der Waals surface area contributed by atoms with E-state index in [0.717, 1.165) is 5.56 Å². The Morgan fingerprint density at radius 2 is 2.26 bits per heavy atom. The molecule has 2 N–H and O–H groups in total. The van der Waals surface area contributed by atoms with Gasteiger partial charge in [-0.2, -0.15) is 0 Å². The van der Waals surface area contributed by atoms with Gasteiger partial charge in [0.05, 0.1) is 12.7 Å². The zero-order valence-electron chi connectivity index (χ0n) is 13.0. The summed E-state index contributed by atoms with van der Waals surface area (Å²) in [4.78, 5) is 23.5. The first kappa shape index (κ1) is 16.6. The number of rotatable bonds is 6. The largest absolute Gasteiger partial charge is 0.493 e. The zero-order valence-corrected chi connectivity index (χ0v) is 13.0. The van der Waals surface area contributed by atoms with E-state index in [1.54, 1.807) is 50.5 Å². The Balaban J connectivity index is 2.16. The summed E-state index contributed by atoms with van der Waals surface area (Å²) in [5.41, 5.74) is 1.10. The van der Waals surface area contributed by atoms with Crippen molar-refractivity contribution in [3.05, 3.63) is 41.5 Å². The number of fused-ring (bicyclic) bond motifs is 1. The Labute approximate surface area is 134 Å². The molecule has 1 aliphatic heterocycles. The zero-order chi connectivity index (χ0) is 16.8. The predicted molar refractivity (Wildman–Crippen MR) is 85.5 cm³/mol. The molecule has 2 rings (SSSR count). The molecule has 0 aliphatic carbocycles. The van der Waals surface area contributed by atoms with Crippen molar-refractivity contribution in [2.75, 3.05) is 13.7 Å². The van der Waals surface area contributed by atoms with Crippen molar-refractivity contribution in [2.45, 2.75) is 19.4 Å². The third-order valence-corrected chi connectivity index (χ3v) is 3.43. The van der Waals surface area contributed by atoms with E-state index in [1.807, 2.05) is 0 Å². The lowest BCUT2D eigenvalue weighted by Crippen LogP contribution is -2.42. The Hall–Kier alpha value is -2.76. The summed E-state index contributed by atoms with van der Waals surface area (Å²) in [5, 5.41) is 11.7. The summed E-state index contributed by atoms with van der Waals surface area (Å²) < 4.78 is 10.8. The van der Waals surface area contributed by atoms with Gasteiger partial charge in [0.2, 0.25) is 0 Å². The second-order valence-corrected chi connectivity index (χ2v) is 5.01. The summed E-state index contributed by atoms with van der Waals surface area (Å²) in [7, 11) is 1.55. The Bertz CT molecular complexity index is 663. The van der Waals surface area contributed by atoms with Crippen LogP contribution in [0.2, 0.25) is 0 Å². The number of carboxylic acids is 1. The third-order valence-electron chi connectivity index (χ3n) is 3.43. The molecule has 122 valence electrons. The van der Waals surface area contributed by atoms with Crippen molar-refractivity contribution < 1.29 is 24.2 Å². The highest BCUT2D eigenvalue weighted by molar-refractivity contribution is 6.01. The van der Waals surface area contributed by atoms with Crippen molar-refractivity contribution in [1.82, 2.24) is 5.32 Å². The third kappa shape index (κ3) is 3.91. The fraction of sp³-hybridized carbons (Fsp3) is 0.294. The summed E-state index contributed by atoms with van der Waals surface area (Å²) in [5.74, 6) is -0.351. The molecule has 1 heterocycles. The molecular weight excluding hydrogens is 298 g/mol. The second kappa shape index (κ2) is 7.49. The number of nitrogens with one attached hydrogen (secondary N) is 1. The van der Waals surface area contributed by atoms with E-state index in [2.05, 4.69) is 5.32 Å². The fourth-order valence-electron chi connectivity index (χ4n) is 2.22. The normalized spacial score (nSPS) is 14.4. The monoisotopic (exact) mass is 317 g/mol. The molecular formula is C17H19NO5. The van der Waals surface area contributed by atoms with Crippen LogP contribution >= 0.6 is 0 Å². The van der Waals surface area contributed by atoms with Crippen LogP contribution in [-0.4, -0.2) is 36.7 Å². The van der Waals surface area contributed by atoms with E-state index in [0.29, 0.717) is 17.1 Å². The van der Waals surface area contributed by atoms with Crippen LogP contribution in [0.3, 0.4) is 0 Å². The van der Waals surface area contributed by atoms with Crippen LogP contribution in [-0.2, 0) is 9.59 Å². The minimum absolute atomic E-state index is 0.0646. The molecule has 23 heavy (non-hydrogen) atoms. The summed E-state index contributed by atoms with van der Waals surface area (Å²) >= 11 is 0. The lowest BCUT2D eigenvalue weighted by Gasteiger charge is -2.21. The van der Waals surface area contributed by atoms with Crippen LogP contribution in [0.25, 0.3) is 6.08 Å². The number of methoxy groups -OCH3 is 1. The summed E-state index contributed by atoms with van der Waals surface area (Å²) in [6.45, 7) is 1.86. The van der Waals surface area contributed by atoms with E-state index in [9.17, 15) is 9.59 Å². The van der Waals surface area contributed by atoms with Crippen LogP contribution < -0.4 is 14.8 Å². The first-order valence-corrected chi connectivity index (χ1v) is 7.22. The molecule has 0 bridgehead atoms. The molecule has 1 aromatic carbocycles. The number of para-hydroxylation sites is 1. The first-order valence-electron chi connectivity index (χ1n) is 7.22. The number of carbonyl (C=O) groups is 2. The molecule has 1 atom stereocenters. The number of amides is 1. The van der Waals surface area contributed by atoms with Crippen molar-refractivity contribution in [3.63, 3.8) is 0 Å². The molecule has 1 aliphatic rings. The van der Waals surface area contributed by atoms with Gasteiger partial charge in [-0.3, -0.25) is 4.79 Å². The Morgan fingerprint density at radius 1 is 1.48 bits per heavy atom. The van der Waals surface area contributed by atoms with Crippen LogP contribution in [0.15, 0.2) is 35.9 Å². The Kier molecular flexibility index (Phi) is 5.41. The van der Waals surface area contributed by atoms with Crippen LogP contribution in [0, 0.1) is 0 Å². The number of carbonyl (C=O) groups excluding carboxylic acids is 1. The summed E-state index contributed by atoms with van der Waals surface area (Å²) in [6, 6.07) is 4.41. The number of benzene rings is 1. The van der Waals surface area contributed by atoms with E-state index < -0.39 is 17.9 Å². The number of ether oxygens (including phenoxy) is 2. The minimum atomic E-state index is -1.07. The van der Waals surface area contributed by atoms with Gasteiger partial charge in [0.1, 0.15) is 12.6 Å². The molecule has 6 nitrogen and oxygen atoms in total. The fourth-order valence-corrected chi connectivity index (χ4v) is 2.22. The number of hydrogen-bond donors (Lipinski definition) is 2. The maximum Gasteiger partial charge on any atom is 0.326 e. The van der Waals surface area contributed by atoms with Gasteiger partial charge < -0.3 is 19.9 Å². The maximum atomic E-state index is 12.3. The molecule has 1 unspecified atom stereocenters. The van der Waals surface area contributed by atoms with E-state index in [1.165, 1.54) is 0 Å². The lowest BCUT2D eigenvalue weighted by atomic mass is 10.1. The molecule has 0 saturated heterocycles. The molecule has 1 aromatic rings. The highest BCUT2D eigenvalue weighted by Crippen LogP contribution is 2.35. The lowest BCUT2D eigenvalue weighted by molar-refractivity contribution is -0.141. The van der Waals surface area contributed by atoms with E-state index in [4.69, 9.17) is 14.6 Å². The predicted octanol–water partition coefficient (Wildman–Crippen LogP) is 2.01. The number of allylic oxidation sites excluding steroid dienone is 1.